The van der Waals surface area contributed by atoms with E-state index in [1.54, 1.807) is 11.0 Å². The van der Waals surface area contributed by atoms with Crippen molar-refractivity contribution in [1.29, 1.82) is 0 Å². The number of carbonyl (C=O) groups is 1. The molecular weight excluding hydrogens is 450 g/mol. The molecule has 0 aromatic heterocycles. The van der Waals surface area contributed by atoms with Crippen molar-refractivity contribution in [3.63, 3.8) is 0 Å². The minimum atomic E-state index is -3.88. The van der Waals surface area contributed by atoms with Gasteiger partial charge >= 0.3 is 0 Å². The first-order valence-corrected chi connectivity index (χ1v) is 12.5. The Labute approximate surface area is 195 Å². The number of rotatable bonds is 9. The Morgan fingerprint density at radius 2 is 1.91 bits per heavy atom. The van der Waals surface area contributed by atoms with E-state index in [4.69, 9.17) is 16.3 Å². The van der Waals surface area contributed by atoms with Gasteiger partial charge in [0.2, 0.25) is 10.0 Å². The van der Waals surface area contributed by atoms with Crippen LogP contribution in [-0.4, -0.2) is 59.1 Å². The van der Waals surface area contributed by atoms with Gasteiger partial charge in [-0.1, -0.05) is 23.7 Å². The van der Waals surface area contributed by atoms with Gasteiger partial charge in [-0.05, 0) is 55.7 Å². The van der Waals surface area contributed by atoms with Gasteiger partial charge in [0.25, 0.3) is 5.91 Å². The Hall–Kier alpha value is -2.13. The van der Waals surface area contributed by atoms with E-state index in [2.05, 4.69) is 4.72 Å². The lowest BCUT2D eigenvalue weighted by Crippen LogP contribution is -2.33. The SMILES string of the molecule is CCN(Cc1ccc(N(C)C)cc1)C(=O)c1ccc(Cl)c(S(=O)(=O)NCC2CCCO2)c1. The lowest BCUT2D eigenvalue weighted by atomic mass is 10.1. The fraction of sp³-hybridized carbons (Fsp3) is 0.435. The molecule has 2 aromatic rings. The standard InChI is InChI=1S/C23H30ClN3O4S/c1-4-27(16-17-7-10-19(11-8-17)26(2)3)23(28)18-9-12-21(24)22(14-18)32(29,30)25-15-20-6-5-13-31-20/h7-12,14,20,25H,4-6,13,15-16H2,1-3H3. The summed E-state index contributed by atoms with van der Waals surface area (Å²) in [4.78, 5) is 16.7. The molecule has 0 saturated carbocycles. The molecule has 2 aromatic carbocycles. The molecule has 1 heterocycles. The van der Waals surface area contributed by atoms with Crippen molar-refractivity contribution < 1.29 is 17.9 Å². The van der Waals surface area contributed by atoms with Gasteiger partial charge in [0.1, 0.15) is 4.90 Å². The van der Waals surface area contributed by atoms with E-state index in [1.807, 2.05) is 50.2 Å². The third-order valence-electron chi connectivity index (χ3n) is 5.49. The van der Waals surface area contributed by atoms with Crippen LogP contribution >= 0.6 is 11.6 Å². The molecule has 9 heteroatoms. The summed E-state index contributed by atoms with van der Waals surface area (Å²) >= 11 is 6.19. The van der Waals surface area contributed by atoms with Crippen LogP contribution in [0.5, 0.6) is 0 Å². The molecule has 7 nitrogen and oxygen atoms in total. The van der Waals surface area contributed by atoms with E-state index in [-0.39, 0.29) is 34.0 Å². The highest BCUT2D eigenvalue weighted by Crippen LogP contribution is 2.24. The zero-order valence-electron chi connectivity index (χ0n) is 18.7. The number of anilines is 1. The van der Waals surface area contributed by atoms with Gasteiger partial charge in [-0.15, -0.1) is 0 Å². The minimum Gasteiger partial charge on any atom is -0.378 e. The number of amides is 1. The molecule has 1 unspecified atom stereocenters. The highest BCUT2D eigenvalue weighted by atomic mass is 35.5. The van der Waals surface area contributed by atoms with E-state index in [0.717, 1.165) is 24.1 Å². The van der Waals surface area contributed by atoms with Crippen LogP contribution in [-0.2, 0) is 21.3 Å². The molecule has 1 atom stereocenters. The Morgan fingerprint density at radius 1 is 1.19 bits per heavy atom. The van der Waals surface area contributed by atoms with Crippen LogP contribution in [0.4, 0.5) is 5.69 Å². The molecule has 1 aliphatic heterocycles. The van der Waals surface area contributed by atoms with Gasteiger partial charge in [0, 0.05) is 51.6 Å². The summed E-state index contributed by atoms with van der Waals surface area (Å²) in [5.41, 5.74) is 2.34. The van der Waals surface area contributed by atoms with Gasteiger partial charge in [0.15, 0.2) is 0 Å². The number of sulfonamides is 1. The second kappa shape index (κ2) is 10.7. The van der Waals surface area contributed by atoms with E-state index in [0.29, 0.717) is 19.7 Å². The van der Waals surface area contributed by atoms with Crippen molar-refractivity contribution >= 4 is 33.2 Å². The van der Waals surface area contributed by atoms with Crippen LogP contribution in [0.3, 0.4) is 0 Å². The van der Waals surface area contributed by atoms with Crippen molar-refractivity contribution in [3.05, 3.63) is 58.6 Å². The minimum absolute atomic E-state index is 0.0729. The molecule has 1 N–H and O–H groups in total. The number of nitrogens with zero attached hydrogens (tertiary/aromatic N) is 2. The maximum atomic E-state index is 13.2. The molecule has 0 bridgehead atoms. The predicted molar refractivity (Wildman–Crippen MR) is 127 cm³/mol. The van der Waals surface area contributed by atoms with Crippen molar-refractivity contribution in [2.75, 3.05) is 38.7 Å². The number of ether oxygens (including phenoxy) is 1. The average molecular weight is 480 g/mol. The number of benzene rings is 2. The molecule has 0 aliphatic carbocycles. The lowest BCUT2D eigenvalue weighted by molar-refractivity contribution is 0.0752. The van der Waals surface area contributed by atoms with Crippen LogP contribution in [0.1, 0.15) is 35.7 Å². The Kier molecular flexibility index (Phi) is 8.16. The van der Waals surface area contributed by atoms with E-state index >= 15 is 0 Å². The molecule has 0 spiro atoms. The summed E-state index contributed by atoms with van der Waals surface area (Å²) in [7, 11) is 0.0658. The summed E-state index contributed by atoms with van der Waals surface area (Å²) in [6.07, 6.45) is 1.60. The summed E-state index contributed by atoms with van der Waals surface area (Å²) in [6.45, 7) is 3.62. The summed E-state index contributed by atoms with van der Waals surface area (Å²) in [5.74, 6) is -0.253. The predicted octanol–water partition coefficient (Wildman–Crippen LogP) is 3.53. The lowest BCUT2D eigenvalue weighted by Gasteiger charge is -2.22. The monoisotopic (exact) mass is 479 g/mol. The maximum Gasteiger partial charge on any atom is 0.254 e. The van der Waals surface area contributed by atoms with E-state index in [9.17, 15) is 13.2 Å². The molecule has 1 saturated heterocycles. The van der Waals surface area contributed by atoms with Crippen LogP contribution in [0.2, 0.25) is 5.02 Å². The molecule has 1 aliphatic rings. The molecule has 0 radical (unpaired) electrons. The van der Waals surface area contributed by atoms with Crippen molar-refractivity contribution in [2.24, 2.45) is 0 Å². The van der Waals surface area contributed by atoms with Gasteiger partial charge < -0.3 is 14.5 Å². The summed E-state index contributed by atoms with van der Waals surface area (Å²) in [5, 5.41) is 0.0729. The third-order valence-corrected chi connectivity index (χ3v) is 7.39. The number of halogens is 1. The second-order valence-electron chi connectivity index (χ2n) is 8.01. The van der Waals surface area contributed by atoms with Crippen molar-refractivity contribution in [2.45, 2.75) is 37.3 Å². The first-order chi connectivity index (χ1) is 15.2. The van der Waals surface area contributed by atoms with Crippen molar-refractivity contribution in [1.82, 2.24) is 9.62 Å². The molecule has 174 valence electrons. The first-order valence-electron chi connectivity index (χ1n) is 10.7. The maximum absolute atomic E-state index is 13.2. The third kappa shape index (κ3) is 6.01. The topological polar surface area (TPSA) is 79.0 Å². The largest absolute Gasteiger partial charge is 0.378 e. The first kappa shape index (κ1) is 24.5. The second-order valence-corrected chi connectivity index (χ2v) is 10.2. The van der Waals surface area contributed by atoms with E-state index < -0.39 is 10.0 Å². The fourth-order valence-corrected chi connectivity index (χ4v) is 5.15. The number of carbonyl (C=O) groups excluding carboxylic acids is 1. The van der Waals surface area contributed by atoms with Crippen LogP contribution < -0.4 is 9.62 Å². The smallest absolute Gasteiger partial charge is 0.254 e. The van der Waals surface area contributed by atoms with Gasteiger partial charge in [-0.25, -0.2) is 13.1 Å². The number of hydrogen-bond acceptors (Lipinski definition) is 5. The van der Waals surface area contributed by atoms with Crippen LogP contribution in [0.15, 0.2) is 47.4 Å². The normalized spacial score (nSPS) is 16.2. The number of nitrogens with one attached hydrogen (secondary N) is 1. The molecule has 1 amide bonds. The summed E-state index contributed by atoms with van der Waals surface area (Å²) < 4.78 is 33.7. The van der Waals surface area contributed by atoms with E-state index in [1.165, 1.54) is 12.1 Å². The Morgan fingerprint density at radius 3 is 2.50 bits per heavy atom. The molecule has 3 rings (SSSR count). The Bertz CT molecular complexity index is 1040. The van der Waals surface area contributed by atoms with Crippen molar-refractivity contribution in [3.8, 4) is 0 Å². The van der Waals surface area contributed by atoms with Gasteiger partial charge in [-0.3, -0.25) is 4.79 Å². The fourth-order valence-electron chi connectivity index (χ4n) is 3.56. The average Bonchev–Trinajstić information content (AvgIpc) is 3.30. The highest BCUT2D eigenvalue weighted by molar-refractivity contribution is 7.89. The van der Waals surface area contributed by atoms with Gasteiger partial charge in [0.05, 0.1) is 11.1 Å². The molecule has 32 heavy (non-hydrogen) atoms. The number of hydrogen-bond donors (Lipinski definition) is 1. The Balaban J connectivity index is 1.76. The quantitative estimate of drug-likeness (QED) is 0.595. The van der Waals surface area contributed by atoms with Crippen LogP contribution in [0, 0.1) is 0 Å². The van der Waals surface area contributed by atoms with Gasteiger partial charge in [-0.2, -0.15) is 0 Å². The molecular formula is C23H30ClN3O4S. The zero-order chi connectivity index (χ0) is 23.3. The highest BCUT2D eigenvalue weighted by Gasteiger charge is 2.24. The zero-order valence-corrected chi connectivity index (χ0v) is 20.2. The summed E-state index contributed by atoms with van der Waals surface area (Å²) in [6, 6.07) is 12.3. The van der Waals surface area contributed by atoms with Crippen LogP contribution in [0.25, 0.3) is 0 Å². The molecule has 1 fully saturated rings.